The van der Waals surface area contributed by atoms with Crippen LogP contribution in [0.15, 0.2) is 4.52 Å². The Morgan fingerprint density at radius 1 is 1.50 bits per heavy atom. The molecule has 16 heavy (non-hydrogen) atoms. The number of anilines is 1. The van der Waals surface area contributed by atoms with Crippen LogP contribution in [-0.4, -0.2) is 22.8 Å². The average molecular weight is 225 g/mol. The van der Waals surface area contributed by atoms with Crippen LogP contribution in [0.2, 0.25) is 0 Å². The molecule has 1 saturated carbocycles. The summed E-state index contributed by atoms with van der Waals surface area (Å²) in [6.45, 7) is 6.80. The lowest BCUT2D eigenvalue weighted by molar-refractivity contribution is 0.0217. The Kier molecular flexibility index (Phi) is 3.43. The predicted octanol–water partition coefficient (Wildman–Crippen LogP) is 2.38. The van der Waals surface area contributed by atoms with Crippen LogP contribution in [0.5, 0.6) is 0 Å². The minimum absolute atomic E-state index is 0.0801. The van der Waals surface area contributed by atoms with E-state index >= 15 is 0 Å². The molecule has 1 aromatic heterocycles. The lowest BCUT2D eigenvalue weighted by atomic mass is 10.1. The van der Waals surface area contributed by atoms with Gasteiger partial charge in [-0.1, -0.05) is 19.0 Å². The maximum absolute atomic E-state index is 5.61. The zero-order valence-electron chi connectivity index (χ0n) is 10.1. The Morgan fingerprint density at radius 2 is 2.25 bits per heavy atom. The molecule has 1 fully saturated rings. The largest absolute Gasteiger partial charge is 0.370 e. The Hall–Kier alpha value is -1.10. The molecular formula is C11H19N3O2. The summed E-state index contributed by atoms with van der Waals surface area (Å²) in [5, 5.41) is 7.14. The molecule has 0 radical (unpaired) electrons. The summed E-state index contributed by atoms with van der Waals surface area (Å²) in [5.74, 6) is 0.978. The van der Waals surface area contributed by atoms with Crippen molar-refractivity contribution >= 4 is 6.01 Å². The van der Waals surface area contributed by atoms with Crippen molar-refractivity contribution in [1.29, 1.82) is 0 Å². The molecule has 1 aliphatic rings. The molecule has 1 N–H and O–H groups in total. The summed E-state index contributed by atoms with van der Waals surface area (Å²) in [4.78, 5) is 4.32. The highest BCUT2D eigenvalue weighted by Gasteiger charge is 2.26. The Balaban J connectivity index is 2.02. The first-order chi connectivity index (χ1) is 7.70. The number of hydrogen-bond acceptors (Lipinski definition) is 5. The second-order valence-electron chi connectivity index (χ2n) is 4.50. The van der Waals surface area contributed by atoms with Crippen LogP contribution in [0.25, 0.3) is 0 Å². The molecule has 0 saturated heterocycles. The van der Waals surface area contributed by atoms with E-state index in [0.717, 1.165) is 0 Å². The van der Waals surface area contributed by atoms with Crippen LogP contribution in [-0.2, 0) is 4.74 Å². The number of nitrogens with one attached hydrogen (secondary N) is 1. The molecule has 1 heterocycles. The van der Waals surface area contributed by atoms with E-state index in [2.05, 4.69) is 29.3 Å². The molecule has 1 unspecified atom stereocenters. The van der Waals surface area contributed by atoms with Crippen molar-refractivity contribution in [2.45, 2.75) is 45.8 Å². The van der Waals surface area contributed by atoms with Crippen molar-refractivity contribution < 1.29 is 9.26 Å². The van der Waals surface area contributed by atoms with Crippen molar-refractivity contribution in [3.05, 3.63) is 5.82 Å². The molecule has 90 valence electrons. The van der Waals surface area contributed by atoms with Crippen LogP contribution < -0.4 is 5.32 Å². The maximum Gasteiger partial charge on any atom is 0.321 e. The van der Waals surface area contributed by atoms with E-state index in [1.807, 2.05) is 6.92 Å². The van der Waals surface area contributed by atoms with Crippen LogP contribution in [0, 0.1) is 5.92 Å². The minimum Gasteiger partial charge on any atom is -0.370 e. The van der Waals surface area contributed by atoms with E-state index < -0.39 is 0 Å². The fourth-order valence-electron chi connectivity index (χ4n) is 1.56. The molecule has 5 heteroatoms. The smallest absolute Gasteiger partial charge is 0.321 e. The van der Waals surface area contributed by atoms with Crippen LogP contribution in [0.4, 0.5) is 6.01 Å². The summed E-state index contributed by atoms with van der Waals surface area (Å²) in [7, 11) is 0. The fourth-order valence-corrected chi connectivity index (χ4v) is 1.56. The third-order valence-corrected chi connectivity index (χ3v) is 2.55. The quantitative estimate of drug-likeness (QED) is 0.805. The van der Waals surface area contributed by atoms with Gasteiger partial charge in [0.1, 0.15) is 6.10 Å². The van der Waals surface area contributed by atoms with Crippen molar-refractivity contribution in [1.82, 2.24) is 10.1 Å². The SMILES string of the molecule is CCOC(c1noc(NC2CC2)n1)C(C)C. The molecule has 0 amide bonds. The number of hydrogen-bond donors (Lipinski definition) is 1. The van der Waals surface area contributed by atoms with Crippen molar-refractivity contribution in [2.75, 3.05) is 11.9 Å². The van der Waals surface area contributed by atoms with Gasteiger partial charge in [0, 0.05) is 12.6 Å². The number of ether oxygens (including phenoxy) is 1. The van der Waals surface area contributed by atoms with Gasteiger partial charge in [-0.05, 0) is 25.7 Å². The first-order valence-corrected chi connectivity index (χ1v) is 5.92. The lowest BCUT2D eigenvalue weighted by Crippen LogP contribution is -2.13. The Bertz CT molecular complexity index is 334. The summed E-state index contributed by atoms with van der Waals surface area (Å²) in [6.07, 6.45) is 2.30. The van der Waals surface area contributed by atoms with Gasteiger partial charge in [0.15, 0.2) is 0 Å². The van der Waals surface area contributed by atoms with E-state index in [4.69, 9.17) is 9.26 Å². The molecule has 0 spiro atoms. The van der Waals surface area contributed by atoms with Crippen molar-refractivity contribution in [3.8, 4) is 0 Å². The molecule has 1 aromatic rings. The average Bonchev–Trinajstić information content (AvgIpc) is 2.92. The van der Waals surface area contributed by atoms with Gasteiger partial charge >= 0.3 is 6.01 Å². The van der Waals surface area contributed by atoms with Gasteiger partial charge in [-0.25, -0.2) is 0 Å². The standard InChI is InChI=1S/C11H19N3O2/c1-4-15-9(7(2)3)10-13-11(16-14-10)12-8-5-6-8/h7-9H,4-6H2,1-3H3,(H,12,13,14). The number of aromatic nitrogens is 2. The summed E-state index contributed by atoms with van der Waals surface area (Å²) in [6, 6.07) is 1.04. The van der Waals surface area contributed by atoms with E-state index in [9.17, 15) is 0 Å². The van der Waals surface area contributed by atoms with E-state index in [-0.39, 0.29) is 6.10 Å². The second-order valence-corrected chi connectivity index (χ2v) is 4.50. The molecule has 1 aliphatic carbocycles. The maximum atomic E-state index is 5.61. The molecule has 5 nitrogen and oxygen atoms in total. The van der Waals surface area contributed by atoms with Gasteiger partial charge in [-0.15, -0.1) is 0 Å². The van der Waals surface area contributed by atoms with E-state index in [1.54, 1.807) is 0 Å². The highest BCUT2D eigenvalue weighted by atomic mass is 16.5. The normalized spacial score (nSPS) is 17.8. The monoisotopic (exact) mass is 225 g/mol. The van der Waals surface area contributed by atoms with Gasteiger partial charge in [0.2, 0.25) is 5.82 Å². The first kappa shape index (κ1) is 11.4. The molecule has 1 atom stereocenters. The molecular weight excluding hydrogens is 206 g/mol. The second kappa shape index (κ2) is 4.82. The van der Waals surface area contributed by atoms with Crippen LogP contribution in [0.3, 0.4) is 0 Å². The van der Waals surface area contributed by atoms with Crippen molar-refractivity contribution in [2.24, 2.45) is 5.92 Å². The van der Waals surface area contributed by atoms with Gasteiger partial charge in [0.25, 0.3) is 0 Å². The molecule has 0 bridgehead atoms. The topological polar surface area (TPSA) is 60.2 Å². The van der Waals surface area contributed by atoms with Gasteiger partial charge in [-0.2, -0.15) is 4.98 Å². The van der Waals surface area contributed by atoms with Gasteiger partial charge in [-0.3, -0.25) is 0 Å². The number of rotatable bonds is 6. The summed E-state index contributed by atoms with van der Waals surface area (Å²) < 4.78 is 10.8. The van der Waals surface area contributed by atoms with Crippen molar-refractivity contribution in [3.63, 3.8) is 0 Å². The molecule has 0 aromatic carbocycles. The lowest BCUT2D eigenvalue weighted by Gasteiger charge is -2.16. The highest BCUT2D eigenvalue weighted by molar-refractivity contribution is 5.23. The van der Waals surface area contributed by atoms with Gasteiger partial charge in [0.05, 0.1) is 0 Å². The summed E-state index contributed by atoms with van der Waals surface area (Å²) in [5.41, 5.74) is 0. The van der Waals surface area contributed by atoms with Gasteiger partial charge < -0.3 is 14.6 Å². The zero-order chi connectivity index (χ0) is 11.5. The van der Waals surface area contributed by atoms with Crippen LogP contribution in [0.1, 0.15) is 45.5 Å². The van der Waals surface area contributed by atoms with Crippen LogP contribution >= 0.6 is 0 Å². The van der Waals surface area contributed by atoms with E-state index in [1.165, 1.54) is 12.8 Å². The zero-order valence-corrected chi connectivity index (χ0v) is 10.1. The number of nitrogens with zero attached hydrogens (tertiary/aromatic N) is 2. The third kappa shape index (κ3) is 2.72. The van der Waals surface area contributed by atoms with E-state index in [0.29, 0.717) is 30.4 Å². The first-order valence-electron chi connectivity index (χ1n) is 5.92. The molecule has 0 aliphatic heterocycles. The molecule has 2 rings (SSSR count). The predicted molar refractivity (Wildman–Crippen MR) is 60.1 cm³/mol. The third-order valence-electron chi connectivity index (χ3n) is 2.55. The highest BCUT2D eigenvalue weighted by Crippen LogP contribution is 2.27. The summed E-state index contributed by atoms with van der Waals surface area (Å²) >= 11 is 0. The fraction of sp³-hybridized carbons (Fsp3) is 0.818. The Morgan fingerprint density at radius 3 is 2.81 bits per heavy atom. The minimum atomic E-state index is -0.0801. The Labute approximate surface area is 95.6 Å².